The Bertz CT molecular complexity index is 1510. The summed E-state index contributed by atoms with van der Waals surface area (Å²) >= 11 is 0.769. The smallest absolute Gasteiger partial charge is 0.282 e. The summed E-state index contributed by atoms with van der Waals surface area (Å²) in [6.07, 6.45) is -4.04. The van der Waals surface area contributed by atoms with Gasteiger partial charge in [0.1, 0.15) is 27.1 Å². The molecule has 0 spiro atoms. The fraction of sp³-hybridized carbons (Fsp3) is 0.348. The van der Waals surface area contributed by atoms with Crippen molar-refractivity contribution in [2.24, 2.45) is 5.73 Å². The summed E-state index contributed by atoms with van der Waals surface area (Å²) < 4.78 is 56.4. The number of anilines is 1. The van der Waals surface area contributed by atoms with Gasteiger partial charge in [0.25, 0.3) is 18.8 Å². The average Bonchev–Trinajstić information content (AvgIpc) is 3.52. The Morgan fingerprint density at radius 3 is 2.30 bits per heavy atom. The van der Waals surface area contributed by atoms with Crippen LogP contribution in [0.5, 0.6) is 0 Å². The molecule has 3 N–H and O–H groups in total. The number of primary amides is 1. The number of nitrogens with one attached hydrogen (secondary N) is 1. The fourth-order valence-corrected chi connectivity index (χ4v) is 5.04. The second-order valence-electron chi connectivity index (χ2n) is 8.35. The van der Waals surface area contributed by atoms with Gasteiger partial charge in [-0.15, -0.1) is 11.3 Å². The summed E-state index contributed by atoms with van der Waals surface area (Å²) in [5, 5.41) is 11.1. The van der Waals surface area contributed by atoms with Crippen molar-refractivity contribution in [1.29, 1.82) is 0 Å². The third-order valence-electron chi connectivity index (χ3n) is 5.85. The molecule has 0 saturated carbocycles. The number of thiophene rings is 1. The van der Waals surface area contributed by atoms with E-state index in [1.807, 2.05) is 6.92 Å². The topological polar surface area (TPSA) is 121 Å². The van der Waals surface area contributed by atoms with Crippen LogP contribution >= 0.6 is 11.3 Å². The number of rotatable bonds is 8. The number of hydrogen-bond donors (Lipinski definition) is 2. The van der Waals surface area contributed by atoms with E-state index in [1.54, 1.807) is 17.8 Å². The van der Waals surface area contributed by atoms with Crippen LogP contribution in [0.1, 0.15) is 65.2 Å². The van der Waals surface area contributed by atoms with E-state index < -0.39 is 42.1 Å². The SMILES string of the molecule is CCn1cc(-c2cc(C(F)F)nc3sc(C(N)=O)c(NC(=O)C(C)n4nc(C(F)F)cc4C)c23)c(C)n1. The molecule has 2 amide bonds. The maximum absolute atomic E-state index is 13.7. The van der Waals surface area contributed by atoms with Gasteiger partial charge in [-0.05, 0) is 45.4 Å². The first kappa shape index (κ1) is 26.3. The van der Waals surface area contributed by atoms with E-state index in [0.717, 1.165) is 16.0 Å². The van der Waals surface area contributed by atoms with E-state index in [0.29, 0.717) is 29.1 Å². The Balaban J connectivity index is 1.89. The Hall–Kier alpha value is -3.81. The van der Waals surface area contributed by atoms with Crippen molar-refractivity contribution in [2.45, 2.75) is 53.1 Å². The number of carbonyl (C=O) groups excluding carboxylic acids is 2. The van der Waals surface area contributed by atoms with Gasteiger partial charge in [0.15, 0.2) is 0 Å². The number of halogens is 4. The number of pyridine rings is 1. The third-order valence-corrected chi connectivity index (χ3v) is 6.95. The standard InChI is InChI=1S/C23H23F4N7O2S/c1-5-33-8-13(10(3)31-33)12-7-14(19(24)25)29-23-16(12)17(18(37-23)21(28)35)30-22(36)11(4)34-9(2)6-15(32-34)20(26)27/h6-8,11,19-20H,5H2,1-4H3,(H2,28,35)(H,30,36). The molecular formula is C23H23F4N7O2S. The highest BCUT2D eigenvalue weighted by Crippen LogP contribution is 2.43. The second kappa shape index (κ2) is 9.92. The number of nitrogens with two attached hydrogens (primary N) is 1. The molecular weight excluding hydrogens is 514 g/mol. The monoisotopic (exact) mass is 537 g/mol. The van der Waals surface area contributed by atoms with Crippen molar-refractivity contribution in [1.82, 2.24) is 24.5 Å². The fourth-order valence-electron chi connectivity index (χ4n) is 4.03. The first-order valence-corrected chi connectivity index (χ1v) is 12.0. The van der Waals surface area contributed by atoms with E-state index in [2.05, 4.69) is 20.5 Å². The zero-order valence-electron chi connectivity index (χ0n) is 20.2. The van der Waals surface area contributed by atoms with Crippen LogP contribution in [0.2, 0.25) is 0 Å². The number of aromatic nitrogens is 5. The van der Waals surface area contributed by atoms with Crippen LogP contribution in [-0.4, -0.2) is 36.4 Å². The van der Waals surface area contributed by atoms with Crippen LogP contribution in [0.3, 0.4) is 0 Å². The summed E-state index contributed by atoms with van der Waals surface area (Å²) in [5.41, 5.74) is 6.25. The van der Waals surface area contributed by atoms with Gasteiger partial charge in [-0.25, -0.2) is 22.5 Å². The minimum atomic E-state index is -2.89. The zero-order chi connectivity index (χ0) is 27.2. The molecule has 0 aromatic carbocycles. The molecule has 14 heteroatoms. The molecule has 196 valence electrons. The van der Waals surface area contributed by atoms with Gasteiger partial charge in [-0.3, -0.25) is 19.0 Å². The van der Waals surface area contributed by atoms with Gasteiger partial charge in [-0.2, -0.15) is 10.2 Å². The van der Waals surface area contributed by atoms with Crippen LogP contribution in [0.15, 0.2) is 18.3 Å². The second-order valence-corrected chi connectivity index (χ2v) is 9.35. The van der Waals surface area contributed by atoms with E-state index in [9.17, 15) is 27.2 Å². The largest absolute Gasteiger partial charge is 0.365 e. The summed E-state index contributed by atoms with van der Waals surface area (Å²) in [5.74, 6) is -1.58. The van der Waals surface area contributed by atoms with Crippen LogP contribution in [0.25, 0.3) is 21.3 Å². The number of fused-ring (bicyclic) bond motifs is 1. The van der Waals surface area contributed by atoms with Crippen LogP contribution in [0.4, 0.5) is 23.2 Å². The molecule has 0 fully saturated rings. The lowest BCUT2D eigenvalue weighted by atomic mass is 10.0. The van der Waals surface area contributed by atoms with Gasteiger partial charge < -0.3 is 11.1 Å². The maximum Gasteiger partial charge on any atom is 0.282 e. The third kappa shape index (κ3) is 4.80. The number of nitrogens with zero attached hydrogens (tertiary/aromatic N) is 5. The van der Waals surface area contributed by atoms with Crippen LogP contribution in [0, 0.1) is 13.8 Å². The Labute approximate surface area is 212 Å². The molecule has 37 heavy (non-hydrogen) atoms. The molecule has 0 radical (unpaired) electrons. The molecule has 9 nitrogen and oxygen atoms in total. The number of hydrogen-bond acceptors (Lipinski definition) is 6. The van der Waals surface area contributed by atoms with Gasteiger partial charge in [-0.1, -0.05) is 0 Å². The van der Waals surface area contributed by atoms with Crippen LogP contribution in [-0.2, 0) is 11.3 Å². The Morgan fingerprint density at radius 2 is 1.76 bits per heavy atom. The first-order chi connectivity index (χ1) is 17.4. The molecule has 4 aromatic rings. The van der Waals surface area contributed by atoms with Crippen molar-refractivity contribution in [3.8, 4) is 11.1 Å². The lowest BCUT2D eigenvalue weighted by molar-refractivity contribution is -0.119. The quantitative estimate of drug-likeness (QED) is 0.301. The van der Waals surface area contributed by atoms with Gasteiger partial charge in [0, 0.05) is 29.4 Å². The Kier molecular flexibility index (Phi) is 7.04. The summed E-state index contributed by atoms with van der Waals surface area (Å²) in [4.78, 5) is 29.5. The normalized spacial score (nSPS) is 12.6. The predicted octanol–water partition coefficient (Wildman–Crippen LogP) is 5.17. The maximum atomic E-state index is 13.7. The first-order valence-electron chi connectivity index (χ1n) is 11.2. The summed E-state index contributed by atoms with van der Waals surface area (Å²) in [7, 11) is 0. The molecule has 0 aliphatic rings. The molecule has 4 heterocycles. The number of carbonyl (C=O) groups is 2. The van der Waals surface area contributed by atoms with Crippen molar-refractivity contribution < 1.29 is 27.2 Å². The number of amides is 2. The zero-order valence-corrected chi connectivity index (χ0v) is 21.0. The predicted molar refractivity (Wildman–Crippen MR) is 130 cm³/mol. The van der Waals surface area contributed by atoms with Crippen LogP contribution < -0.4 is 11.1 Å². The molecule has 1 unspecified atom stereocenters. The minimum absolute atomic E-state index is 0.00444. The highest BCUT2D eigenvalue weighted by molar-refractivity contribution is 7.21. The highest BCUT2D eigenvalue weighted by atomic mass is 32.1. The lowest BCUT2D eigenvalue weighted by Crippen LogP contribution is -2.26. The Morgan fingerprint density at radius 1 is 1.08 bits per heavy atom. The van der Waals surface area contributed by atoms with Crippen molar-refractivity contribution in [3.05, 3.63) is 46.0 Å². The summed E-state index contributed by atoms with van der Waals surface area (Å²) in [6.45, 7) is 7.07. The van der Waals surface area contributed by atoms with E-state index in [1.165, 1.54) is 26.0 Å². The molecule has 4 aromatic heterocycles. The molecule has 0 aliphatic heterocycles. The number of alkyl halides is 4. The van der Waals surface area contributed by atoms with Crippen molar-refractivity contribution >= 4 is 39.1 Å². The van der Waals surface area contributed by atoms with Crippen molar-refractivity contribution in [2.75, 3.05) is 5.32 Å². The molecule has 0 saturated heterocycles. The molecule has 0 aliphatic carbocycles. The van der Waals surface area contributed by atoms with E-state index in [4.69, 9.17) is 5.73 Å². The van der Waals surface area contributed by atoms with Gasteiger partial charge in [0.2, 0.25) is 5.91 Å². The van der Waals surface area contributed by atoms with E-state index in [-0.39, 0.29) is 20.8 Å². The lowest BCUT2D eigenvalue weighted by Gasteiger charge is -2.16. The average molecular weight is 538 g/mol. The van der Waals surface area contributed by atoms with Gasteiger partial charge in [0.05, 0.1) is 11.4 Å². The van der Waals surface area contributed by atoms with Gasteiger partial charge >= 0.3 is 0 Å². The molecule has 4 rings (SSSR count). The highest BCUT2D eigenvalue weighted by Gasteiger charge is 2.28. The minimum Gasteiger partial charge on any atom is -0.365 e. The molecule has 1 atom stereocenters. The summed E-state index contributed by atoms with van der Waals surface area (Å²) in [6, 6.07) is 1.32. The van der Waals surface area contributed by atoms with Crippen molar-refractivity contribution in [3.63, 3.8) is 0 Å². The molecule has 0 bridgehead atoms. The van der Waals surface area contributed by atoms with E-state index >= 15 is 0 Å². The number of aryl methyl sites for hydroxylation is 3.